The van der Waals surface area contributed by atoms with E-state index in [1.807, 2.05) is 19.1 Å². The maximum Gasteiger partial charge on any atom is 0.339 e. The van der Waals surface area contributed by atoms with Crippen molar-refractivity contribution < 1.29 is 9.53 Å². The number of benzene rings is 1. The molecular weight excluding hydrogens is 242 g/mol. The lowest BCUT2D eigenvalue weighted by atomic mass is 10.1. The van der Waals surface area contributed by atoms with E-state index in [-0.39, 0.29) is 0 Å². The monoisotopic (exact) mass is 257 g/mol. The highest BCUT2D eigenvalue weighted by molar-refractivity contribution is 5.96. The zero-order chi connectivity index (χ0) is 13.8. The van der Waals surface area contributed by atoms with Crippen molar-refractivity contribution in [2.24, 2.45) is 0 Å². The van der Waals surface area contributed by atoms with Crippen LogP contribution >= 0.6 is 0 Å². The van der Waals surface area contributed by atoms with Gasteiger partial charge in [-0.25, -0.2) is 9.78 Å². The molecule has 0 saturated heterocycles. The normalized spacial score (nSPS) is 10.0. The van der Waals surface area contributed by atoms with E-state index >= 15 is 0 Å². The molecule has 1 aromatic heterocycles. The number of nitrogen functional groups attached to an aromatic ring is 1. The van der Waals surface area contributed by atoms with Crippen LogP contribution in [0.5, 0.6) is 0 Å². The lowest BCUT2D eigenvalue weighted by molar-refractivity contribution is 0.0602. The Kier molecular flexibility index (Phi) is 3.66. The molecule has 98 valence electrons. The number of aromatic nitrogens is 1. The summed E-state index contributed by atoms with van der Waals surface area (Å²) in [6.45, 7) is 1.90. The van der Waals surface area contributed by atoms with Gasteiger partial charge in [0.2, 0.25) is 0 Å². The van der Waals surface area contributed by atoms with Crippen molar-refractivity contribution in [1.82, 2.24) is 4.98 Å². The second-order valence-electron chi connectivity index (χ2n) is 4.05. The zero-order valence-electron chi connectivity index (χ0n) is 10.8. The third-order valence-electron chi connectivity index (χ3n) is 2.79. The number of hydrogen-bond donors (Lipinski definition) is 2. The summed E-state index contributed by atoms with van der Waals surface area (Å²) in [6, 6.07) is 8.87. The van der Waals surface area contributed by atoms with Gasteiger partial charge in [-0.3, -0.25) is 0 Å². The fourth-order valence-electron chi connectivity index (χ4n) is 1.68. The van der Waals surface area contributed by atoms with Crippen molar-refractivity contribution in [2.45, 2.75) is 6.92 Å². The fraction of sp³-hybridized carbons (Fsp3) is 0.143. The van der Waals surface area contributed by atoms with Crippen LogP contribution in [0.3, 0.4) is 0 Å². The van der Waals surface area contributed by atoms with Crippen molar-refractivity contribution in [2.75, 3.05) is 18.2 Å². The molecule has 2 rings (SSSR count). The first-order valence-corrected chi connectivity index (χ1v) is 5.79. The smallest absolute Gasteiger partial charge is 0.339 e. The zero-order valence-corrected chi connectivity index (χ0v) is 10.8. The highest BCUT2D eigenvalue weighted by Gasteiger charge is 2.12. The SMILES string of the molecule is COC(=O)c1ccccc1Nc1nccc(C)c1N. The molecule has 5 nitrogen and oxygen atoms in total. The van der Waals surface area contributed by atoms with E-state index in [2.05, 4.69) is 10.3 Å². The minimum Gasteiger partial charge on any atom is -0.465 e. The topological polar surface area (TPSA) is 77.2 Å². The fourth-order valence-corrected chi connectivity index (χ4v) is 1.68. The summed E-state index contributed by atoms with van der Waals surface area (Å²) in [5.74, 6) is 0.116. The lowest BCUT2D eigenvalue weighted by Gasteiger charge is -2.12. The van der Waals surface area contributed by atoms with Gasteiger partial charge in [-0.15, -0.1) is 0 Å². The Hall–Kier alpha value is -2.56. The van der Waals surface area contributed by atoms with Gasteiger partial charge in [-0.05, 0) is 30.7 Å². The first-order chi connectivity index (χ1) is 9.13. The van der Waals surface area contributed by atoms with Crippen molar-refractivity contribution in [3.8, 4) is 0 Å². The Bertz CT molecular complexity index is 611. The first-order valence-electron chi connectivity index (χ1n) is 5.79. The molecule has 0 aliphatic carbocycles. The third-order valence-corrected chi connectivity index (χ3v) is 2.79. The van der Waals surface area contributed by atoms with Crippen molar-refractivity contribution in [3.05, 3.63) is 47.7 Å². The number of para-hydroxylation sites is 1. The number of hydrogen-bond acceptors (Lipinski definition) is 5. The molecule has 0 amide bonds. The van der Waals surface area contributed by atoms with Crippen LogP contribution in [0.1, 0.15) is 15.9 Å². The molecule has 3 N–H and O–H groups in total. The number of pyridine rings is 1. The summed E-state index contributed by atoms with van der Waals surface area (Å²) in [6.07, 6.45) is 1.66. The van der Waals surface area contributed by atoms with Crippen LogP contribution in [0.25, 0.3) is 0 Å². The van der Waals surface area contributed by atoms with Crippen LogP contribution in [0, 0.1) is 6.92 Å². The van der Waals surface area contributed by atoms with Crippen molar-refractivity contribution >= 4 is 23.2 Å². The molecule has 0 radical (unpaired) electrons. The minimum absolute atomic E-state index is 0.408. The van der Waals surface area contributed by atoms with Crippen molar-refractivity contribution in [3.63, 3.8) is 0 Å². The number of rotatable bonds is 3. The predicted molar refractivity (Wildman–Crippen MR) is 74.5 cm³/mol. The van der Waals surface area contributed by atoms with Crippen LogP contribution in [-0.4, -0.2) is 18.1 Å². The minimum atomic E-state index is -0.408. The van der Waals surface area contributed by atoms with Crippen LogP contribution in [0.4, 0.5) is 17.2 Å². The molecule has 1 heterocycles. The van der Waals surface area contributed by atoms with Crippen LogP contribution in [0.2, 0.25) is 0 Å². The number of nitrogens with two attached hydrogens (primary N) is 1. The standard InChI is InChI=1S/C14H15N3O2/c1-9-7-8-16-13(12(9)15)17-11-6-4-3-5-10(11)14(18)19-2/h3-8H,15H2,1-2H3,(H,16,17). The Morgan fingerprint density at radius 1 is 1.32 bits per heavy atom. The number of aryl methyl sites for hydroxylation is 1. The molecule has 1 aromatic carbocycles. The number of anilines is 3. The Balaban J connectivity index is 2.39. The second kappa shape index (κ2) is 5.39. The first kappa shape index (κ1) is 12.9. The largest absolute Gasteiger partial charge is 0.465 e. The Morgan fingerprint density at radius 2 is 2.05 bits per heavy atom. The number of carbonyl (C=O) groups excluding carboxylic acids is 1. The van der Waals surface area contributed by atoms with E-state index < -0.39 is 5.97 Å². The highest BCUT2D eigenvalue weighted by atomic mass is 16.5. The van der Waals surface area contributed by atoms with E-state index in [9.17, 15) is 4.79 Å². The van der Waals surface area contributed by atoms with Gasteiger partial charge in [-0.1, -0.05) is 12.1 Å². The molecule has 0 atom stereocenters. The molecule has 0 unspecified atom stereocenters. The van der Waals surface area contributed by atoms with E-state index in [0.29, 0.717) is 22.8 Å². The molecule has 0 saturated carbocycles. The number of carbonyl (C=O) groups is 1. The van der Waals surface area contributed by atoms with Gasteiger partial charge < -0.3 is 15.8 Å². The van der Waals surface area contributed by atoms with Gasteiger partial charge in [0.1, 0.15) is 0 Å². The molecule has 19 heavy (non-hydrogen) atoms. The average molecular weight is 257 g/mol. The van der Waals surface area contributed by atoms with Gasteiger partial charge in [-0.2, -0.15) is 0 Å². The van der Waals surface area contributed by atoms with Gasteiger partial charge in [0, 0.05) is 6.20 Å². The van der Waals surface area contributed by atoms with Gasteiger partial charge in [0.05, 0.1) is 24.0 Å². The average Bonchev–Trinajstić information content (AvgIpc) is 2.43. The summed E-state index contributed by atoms with van der Waals surface area (Å²) >= 11 is 0. The molecule has 0 aliphatic rings. The van der Waals surface area contributed by atoms with Gasteiger partial charge in [0.15, 0.2) is 5.82 Å². The van der Waals surface area contributed by atoms with E-state index in [1.54, 1.807) is 24.4 Å². The lowest BCUT2D eigenvalue weighted by Crippen LogP contribution is -2.07. The number of methoxy groups -OCH3 is 1. The number of esters is 1. The molecule has 0 fully saturated rings. The summed E-state index contributed by atoms with van der Waals surface area (Å²) in [5, 5.41) is 3.06. The number of nitrogens with zero attached hydrogens (tertiary/aromatic N) is 1. The quantitative estimate of drug-likeness (QED) is 0.826. The molecular formula is C14H15N3O2. The van der Waals surface area contributed by atoms with Gasteiger partial charge >= 0.3 is 5.97 Å². The third kappa shape index (κ3) is 2.65. The summed E-state index contributed by atoms with van der Waals surface area (Å²) in [5.41, 5.74) is 8.48. The maximum absolute atomic E-state index is 11.7. The predicted octanol–water partition coefficient (Wildman–Crippen LogP) is 2.50. The molecule has 5 heteroatoms. The summed E-state index contributed by atoms with van der Waals surface area (Å²) in [7, 11) is 1.35. The molecule has 0 aliphatic heterocycles. The van der Waals surface area contributed by atoms with E-state index in [0.717, 1.165) is 5.56 Å². The molecule has 0 bridgehead atoms. The van der Waals surface area contributed by atoms with Crippen LogP contribution < -0.4 is 11.1 Å². The Labute approximate surface area is 111 Å². The second-order valence-corrected chi connectivity index (χ2v) is 4.05. The molecule has 2 aromatic rings. The van der Waals surface area contributed by atoms with Crippen LogP contribution in [-0.2, 0) is 4.74 Å². The molecule has 0 spiro atoms. The Morgan fingerprint density at radius 3 is 2.79 bits per heavy atom. The van der Waals surface area contributed by atoms with E-state index in [1.165, 1.54) is 7.11 Å². The maximum atomic E-state index is 11.7. The number of ether oxygens (including phenoxy) is 1. The summed E-state index contributed by atoms with van der Waals surface area (Å²) < 4.78 is 4.74. The van der Waals surface area contributed by atoms with Crippen molar-refractivity contribution in [1.29, 1.82) is 0 Å². The van der Waals surface area contributed by atoms with E-state index in [4.69, 9.17) is 10.5 Å². The summed E-state index contributed by atoms with van der Waals surface area (Å²) in [4.78, 5) is 15.8. The number of nitrogens with one attached hydrogen (secondary N) is 1. The van der Waals surface area contributed by atoms with Crippen LogP contribution in [0.15, 0.2) is 36.5 Å². The highest BCUT2D eigenvalue weighted by Crippen LogP contribution is 2.25. The van der Waals surface area contributed by atoms with Gasteiger partial charge in [0.25, 0.3) is 0 Å².